The van der Waals surface area contributed by atoms with E-state index in [1.807, 2.05) is 13.8 Å². The fraction of sp³-hybridized carbons (Fsp3) is 1.00. The summed E-state index contributed by atoms with van der Waals surface area (Å²) < 4.78 is 10.7. The number of rotatable bonds is 7. The van der Waals surface area contributed by atoms with Gasteiger partial charge in [-0.3, -0.25) is 0 Å². The fourth-order valence-corrected chi connectivity index (χ4v) is 0.761. The van der Waals surface area contributed by atoms with Crippen LogP contribution in [0, 0.1) is 0 Å². The first-order valence-electron chi connectivity index (χ1n) is 4.50. The van der Waals surface area contributed by atoms with Gasteiger partial charge < -0.3 is 9.47 Å². The topological polar surface area (TPSA) is 18.5 Å². The van der Waals surface area contributed by atoms with Crippen LogP contribution in [0.3, 0.4) is 0 Å². The molecule has 0 aromatic heterocycles. The standard InChI is InChI=1S/C9H20O2/c1-4-6-7-11-9(3)8-10-5-2/h9H,4-8H2,1-3H3. The summed E-state index contributed by atoms with van der Waals surface area (Å²) in [7, 11) is 0. The molecule has 0 aliphatic carbocycles. The molecule has 0 N–H and O–H groups in total. The second-order valence-corrected chi connectivity index (χ2v) is 2.69. The lowest BCUT2D eigenvalue weighted by atomic mass is 10.3. The van der Waals surface area contributed by atoms with Crippen molar-refractivity contribution < 1.29 is 9.47 Å². The van der Waals surface area contributed by atoms with Crippen molar-refractivity contribution in [3.05, 3.63) is 0 Å². The minimum absolute atomic E-state index is 0.251. The van der Waals surface area contributed by atoms with Crippen molar-refractivity contribution in [2.45, 2.75) is 39.7 Å². The highest BCUT2D eigenvalue weighted by Gasteiger charge is 1.99. The number of ether oxygens (including phenoxy) is 2. The minimum atomic E-state index is 0.251. The van der Waals surface area contributed by atoms with Gasteiger partial charge in [0.1, 0.15) is 0 Å². The van der Waals surface area contributed by atoms with Crippen LogP contribution in [0.15, 0.2) is 0 Å². The maximum Gasteiger partial charge on any atom is 0.0780 e. The molecular weight excluding hydrogens is 140 g/mol. The van der Waals surface area contributed by atoms with Gasteiger partial charge in [0, 0.05) is 13.2 Å². The van der Waals surface area contributed by atoms with Crippen LogP contribution in [-0.4, -0.2) is 25.9 Å². The first-order valence-corrected chi connectivity index (χ1v) is 4.50. The van der Waals surface area contributed by atoms with Gasteiger partial charge in [-0.25, -0.2) is 0 Å². The van der Waals surface area contributed by atoms with Crippen LogP contribution in [0.5, 0.6) is 0 Å². The van der Waals surface area contributed by atoms with E-state index in [2.05, 4.69) is 6.92 Å². The molecule has 2 heteroatoms. The molecule has 0 heterocycles. The zero-order valence-corrected chi connectivity index (χ0v) is 7.93. The number of hydrogen-bond donors (Lipinski definition) is 0. The summed E-state index contributed by atoms with van der Waals surface area (Å²) in [5.74, 6) is 0. The quantitative estimate of drug-likeness (QED) is 0.532. The second-order valence-electron chi connectivity index (χ2n) is 2.69. The van der Waals surface area contributed by atoms with Gasteiger partial charge in [-0.15, -0.1) is 0 Å². The lowest BCUT2D eigenvalue weighted by Gasteiger charge is -2.11. The molecule has 0 aromatic rings. The van der Waals surface area contributed by atoms with E-state index >= 15 is 0 Å². The maximum atomic E-state index is 5.46. The van der Waals surface area contributed by atoms with E-state index < -0.39 is 0 Å². The van der Waals surface area contributed by atoms with Gasteiger partial charge in [0.05, 0.1) is 12.7 Å². The van der Waals surface area contributed by atoms with E-state index in [0.717, 1.165) is 26.2 Å². The molecular formula is C9H20O2. The Morgan fingerprint density at radius 1 is 1.27 bits per heavy atom. The first kappa shape index (κ1) is 10.9. The van der Waals surface area contributed by atoms with Crippen molar-refractivity contribution in [3.63, 3.8) is 0 Å². The molecule has 0 aliphatic rings. The molecule has 0 bridgehead atoms. The highest BCUT2D eigenvalue weighted by atomic mass is 16.5. The molecule has 0 amide bonds. The molecule has 0 rings (SSSR count). The molecule has 0 aromatic carbocycles. The predicted octanol–water partition coefficient (Wildman–Crippen LogP) is 2.23. The Kier molecular flexibility index (Phi) is 7.96. The summed E-state index contributed by atoms with van der Waals surface area (Å²) in [5.41, 5.74) is 0. The third kappa shape index (κ3) is 7.82. The van der Waals surface area contributed by atoms with E-state index in [0.29, 0.717) is 0 Å². The van der Waals surface area contributed by atoms with Crippen molar-refractivity contribution in [1.82, 2.24) is 0 Å². The average Bonchev–Trinajstić information content (AvgIpc) is 2.01. The molecule has 2 nitrogen and oxygen atoms in total. The number of hydrogen-bond acceptors (Lipinski definition) is 2. The molecule has 1 unspecified atom stereocenters. The third-order valence-corrected chi connectivity index (χ3v) is 1.46. The fourth-order valence-electron chi connectivity index (χ4n) is 0.761. The van der Waals surface area contributed by atoms with Crippen LogP contribution in [0.4, 0.5) is 0 Å². The van der Waals surface area contributed by atoms with E-state index in [4.69, 9.17) is 9.47 Å². The second kappa shape index (κ2) is 8.02. The summed E-state index contributed by atoms with van der Waals surface area (Å²) in [6.45, 7) is 8.58. The summed E-state index contributed by atoms with van der Waals surface area (Å²) >= 11 is 0. The zero-order chi connectivity index (χ0) is 8.53. The van der Waals surface area contributed by atoms with Crippen molar-refractivity contribution >= 4 is 0 Å². The highest BCUT2D eigenvalue weighted by molar-refractivity contribution is 4.46. The van der Waals surface area contributed by atoms with E-state index in [1.165, 1.54) is 6.42 Å². The van der Waals surface area contributed by atoms with E-state index in [1.54, 1.807) is 0 Å². The molecule has 11 heavy (non-hydrogen) atoms. The van der Waals surface area contributed by atoms with Crippen LogP contribution in [-0.2, 0) is 9.47 Å². The van der Waals surface area contributed by atoms with Crippen LogP contribution < -0.4 is 0 Å². The summed E-state index contributed by atoms with van der Waals surface area (Å²) in [6, 6.07) is 0. The first-order chi connectivity index (χ1) is 5.31. The molecule has 1 atom stereocenters. The van der Waals surface area contributed by atoms with Crippen molar-refractivity contribution in [2.24, 2.45) is 0 Å². The van der Waals surface area contributed by atoms with Crippen molar-refractivity contribution in [2.75, 3.05) is 19.8 Å². The van der Waals surface area contributed by atoms with E-state index in [-0.39, 0.29) is 6.10 Å². The molecule has 0 radical (unpaired) electrons. The monoisotopic (exact) mass is 160 g/mol. The summed E-state index contributed by atoms with van der Waals surface area (Å²) in [6.07, 6.45) is 2.60. The molecule has 68 valence electrons. The van der Waals surface area contributed by atoms with Gasteiger partial charge >= 0.3 is 0 Å². The van der Waals surface area contributed by atoms with Gasteiger partial charge in [-0.1, -0.05) is 13.3 Å². The molecule has 0 aliphatic heterocycles. The van der Waals surface area contributed by atoms with Gasteiger partial charge in [-0.2, -0.15) is 0 Å². The largest absolute Gasteiger partial charge is 0.379 e. The Bertz CT molecular complexity index is 74.0. The summed E-state index contributed by atoms with van der Waals surface area (Å²) in [5, 5.41) is 0. The molecule has 0 saturated carbocycles. The van der Waals surface area contributed by atoms with Gasteiger partial charge in [-0.05, 0) is 20.3 Å². The maximum absolute atomic E-state index is 5.46. The Labute approximate surface area is 69.9 Å². The van der Waals surface area contributed by atoms with Gasteiger partial charge in [0.15, 0.2) is 0 Å². The lowest BCUT2D eigenvalue weighted by molar-refractivity contribution is -0.00418. The Morgan fingerprint density at radius 2 is 2.00 bits per heavy atom. The van der Waals surface area contributed by atoms with Crippen LogP contribution in [0.2, 0.25) is 0 Å². The SMILES string of the molecule is CCCCOC(C)COCC. The van der Waals surface area contributed by atoms with E-state index in [9.17, 15) is 0 Å². The Balaban J connectivity index is 3.02. The Hall–Kier alpha value is -0.0800. The molecule has 0 fully saturated rings. The normalized spacial score (nSPS) is 13.4. The number of unbranched alkanes of at least 4 members (excludes halogenated alkanes) is 1. The van der Waals surface area contributed by atoms with Gasteiger partial charge in [0.2, 0.25) is 0 Å². The van der Waals surface area contributed by atoms with Gasteiger partial charge in [0.25, 0.3) is 0 Å². The highest BCUT2D eigenvalue weighted by Crippen LogP contribution is 1.95. The van der Waals surface area contributed by atoms with Crippen LogP contribution in [0.1, 0.15) is 33.6 Å². The summed E-state index contributed by atoms with van der Waals surface area (Å²) in [4.78, 5) is 0. The minimum Gasteiger partial charge on any atom is -0.379 e. The Morgan fingerprint density at radius 3 is 2.55 bits per heavy atom. The smallest absolute Gasteiger partial charge is 0.0780 e. The molecule has 0 saturated heterocycles. The predicted molar refractivity (Wildman–Crippen MR) is 46.8 cm³/mol. The third-order valence-electron chi connectivity index (χ3n) is 1.46. The van der Waals surface area contributed by atoms with Crippen LogP contribution >= 0.6 is 0 Å². The van der Waals surface area contributed by atoms with Crippen LogP contribution in [0.25, 0.3) is 0 Å². The van der Waals surface area contributed by atoms with Crippen molar-refractivity contribution in [3.8, 4) is 0 Å². The zero-order valence-electron chi connectivity index (χ0n) is 7.93. The lowest BCUT2D eigenvalue weighted by Crippen LogP contribution is -2.16. The average molecular weight is 160 g/mol. The molecule has 0 spiro atoms. The van der Waals surface area contributed by atoms with Crippen molar-refractivity contribution in [1.29, 1.82) is 0 Å².